The van der Waals surface area contributed by atoms with Gasteiger partial charge in [-0.15, -0.1) is 0 Å². The van der Waals surface area contributed by atoms with Crippen molar-refractivity contribution >= 4 is 39.2 Å². The zero-order valence-electron chi connectivity index (χ0n) is 13.0. The molecule has 0 unspecified atom stereocenters. The summed E-state index contributed by atoms with van der Waals surface area (Å²) in [6.45, 7) is 4.67. The molecule has 0 aromatic heterocycles. The number of rotatable bonds is 5. The van der Waals surface area contributed by atoms with Gasteiger partial charge in [0.25, 0.3) is 0 Å². The molecule has 2 amide bonds. The lowest BCUT2D eigenvalue weighted by molar-refractivity contribution is 0.247. The molecular formula is C17H18BrClN2O2. The number of ether oxygens (including phenoxy) is 1. The Kier molecular flexibility index (Phi) is 6.30. The molecule has 122 valence electrons. The number of amides is 2. The summed E-state index contributed by atoms with van der Waals surface area (Å²) in [5, 5.41) is 6.24. The summed E-state index contributed by atoms with van der Waals surface area (Å²) < 4.78 is 6.58. The van der Waals surface area contributed by atoms with Gasteiger partial charge in [-0.25, -0.2) is 4.79 Å². The van der Waals surface area contributed by atoms with Crippen LogP contribution in [0.15, 0.2) is 40.9 Å². The molecule has 0 aliphatic carbocycles. The Hall–Kier alpha value is -1.72. The van der Waals surface area contributed by atoms with Crippen molar-refractivity contribution in [1.82, 2.24) is 5.32 Å². The van der Waals surface area contributed by atoms with Gasteiger partial charge in [0.05, 0.1) is 6.54 Å². The van der Waals surface area contributed by atoms with Crippen molar-refractivity contribution in [1.29, 1.82) is 0 Å². The highest BCUT2D eigenvalue weighted by Gasteiger charge is 2.03. The Morgan fingerprint density at radius 2 is 1.96 bits per heavy atom. The minimum atomic E-state index is -0.261. The largest absolute Gasteiger partial charge is 0.492 e. The van der Waals surface area contributed by atoms with Crippen LogP contribution in [0.3, 0.4) is 0 Å². The van der Waals surface area contributed by atoms with Gasteiger partial charge in [-0.3, -0.25) is 0 Å². The van der Waals surface area contributed by atoms with E-state index in [-0.39, 0.29) is 6.03 Å². The van der Waals surface area contributed by atoms with Crippen LogP contribution in [0.5, 0.6) is 5.75 Å². The molecule has 6 heteroatoms. The summed E-state index contributed by atoms with van der Waals surface area (Å²) in [6, 6.07) is 10.8. The maximum atomic E-state index is 11.8. The Bertz CT molecular complexity index is 707. The van der Waals surface area contributed by atoms with Crippen LogP contribution in [0.25, 0.3) is 0 Å². The summed E-state index contributed by atoms with van der Waals surface area (Å²) in [5.74, 6) is 0.734. The van der Waals surface area contributed by atoms with Gasteiger partial charge in [0.15, 0.2) is 0 Å². The third-order valence-corrected chi connectivity index (χ3v) is 4.52. The number of hydrogen-bond acceptors (Lipinski definition) is 2. The fourth-order valence-corrected chi connectivity index (χ4v) is 2.30. The standard InChI is InChI=1S/C17H18BrClN2O2/c1-11-9-13(3-5-15(11)18)21-17(22)20-7-8-23-14-4-6-16(19)12(2)10-14/h3-6,9-10H,7-8H2,1-2H3,(H2,20,21,22). The van der Waals surface area contributed by atoms with Crippen molar-refractivity contribution in [2.45, 2.75) is 13.8 Å². The molecule has 0 bridgehead atoms. The lowest BCUT2D eigenvalue weighted by Gasteiger charge is -2.10. The van der Waals surface area contributed by atoms with Crippen LogP contribution >= 0.6 is 27.5 Å². The molecule has 0 heterocycles. The minimum Gasteiger partial charge on any atom is -0.492 e. The minimum absolute atomic E-state index is 0.261. The van der Waals surface area contributed by atoms with E-state index in [1.54, 1.807) is 12.1 Å². The zero-order chi connectivity index (χ0) is 16.8. The predicted octanol–water partition coefficient (Wildman–Crippen LogP) is 4.92. The van der Waals surface area contributed by atoms with Crippen LogP contribution in [0.4, 0.5) is 10.5 Å². The summed E-state index contributed by atoms with van der Waals surface area (Å²) in [5.41, 5.74) is 2.77. The number of aryl methyl sites for hydroxylation is 2. The number of halogens is 2. The molecule has 0 radical (unpaired) electrons. The highest BCUT2D eigenvalue weighted by molar-refractivity contribution is 9.10. The monoisotopic (exact) mass is 396 g/mol. The first-order valence-electron chi connectivity index (χ1n) is 7.15. The maximum absolute atomic E-state index is 11.8. The maximum Gasteiger partial charge on any atom is 0.319 e. The topological polar surface area (TPSA) is 50.4 Å². The molecule has 2 N–H and O–H groups in total. The number of anilines is 1. The number of carbonyl (C=O) groups excluding carboxylic acids is 1. The van der Waals surface area contributed by atoms with E-state index in [2.05, 4.69) is 26.6 Å². The van der Waals surface area contributed by atoms with E-state index < -0.39 is 0 Å². The number of nitrogens with one attached hydrogen (secondary N) is 2. The normalized spacial score (nSPS) is 10.3. The number of benzene rings is 2. The highest BCUT2D eigenvalue weighted by Crippen LogP contribution is 2.21. The van der Waals surface area contributed by atoms with Gasteiger partial charge in [-0.05, 0) is 61.4 Å². The fraction of sp³-hybridized carbons (Fsp3) is 0.235. The highest BCUT2D eigenvalue weighted by atomic mass is 79.9. The summed E-state index contributed by atoms with van der Waals surface area (Å²) in [7, 11) is 0. The molecule has 0 fully saturated rings. The number of carbonyl (C=O) groups is 1. The van der Waals surface area contributed by atoms with Gasteiger partial charge in [0.1, 0.15) is 12.4 Å². The SMILES string of the molecule is Cc1cc(OCCNC(=O)Nc2ccc(Br)c(C)c2)ccc1Cl. The van der Waals surface area contributed by atoms with Crippen molar-refractivity contribution < 1.29 is 9.53 Å². The molecule has 0 saturated heterocycles. The second-order valence-corrected chi connectivity index (χ2v) is 6.37. The quantitative estimate of drug-likeness (QED) is 0.704. The van der Waals surface area contributed by atoms with Gasteiger partial charge in [0, 0.05) is 15.2 Å². The Labute approximate surface area is 149 Å². The lowest BCUT2D eigenvalue weighted by atomic mass is 10.2. The predicted molar refractivity (Wildman–Crippen MR) is 97.6 cm³/mol. The van der Waals surface area contributed by atoms with Crippen LogP contribution in [0, 0.1) is 13.8 Å². The van der Waals surface area contributed by atoms with Crippen LogP contribution in [0.1, 0.15) is 11.1 Å². The lowest BCUT2D eigenvalue weighted by Crippen LogP contribution is -2.32. The van der Waals surface area contributed by atoms with Crippen LogP contribution < -0.4 is 15.4 Å². The molecule has 2 aromatic rings. The van der Waals surface area contributed by atoms with Crippen molar-refractivity contribution in [2.24, 2.45) is 0 Å². The second kappa shape index (κ2) is 8.22. The van der Waals surface area contributed by atoms with Crippen LogP contribution in [0.2, 0.25) is 5.02 Å². The molecule has 2 aromatic carbocycles. The average Bonchev–Trinajstić information content (AvgIpc) is 2.51. The van der Waals surface area contributed by atoms with E-state index in [1.807, 2.05) is 38.1 Å². The molecule has 0 aliphatic heterocycles. The Morgan fingerprint density at radius 3 is 2.65 bits per heavy atom. The van der Waals surface area contributed by atoms with E-state index in [4.69, 9.17) is 16.3 Å². The molecule has 0 spiro atoms. The van der Waals surface area contributed by atoms with Crippen molar-refractivity contribution in [2.75, 3.05) is 18.5 Å². The van der Waals surface area contributed by atoms with Crippen molar-refractivity contribution in [3.63, 3.8) is 0 Å². The first kappa shape index (κ1) is 17.6. The van der Waals surface area contributed by atoms with E-state index in [9.17, 15) is 4.79 Å². The van der Waals surface area contributed by atoms with E-state index >= 15 is 0 Å². The van der Waals surface area contributed by atoms with E-state index in [1.165, 1.54) is 0 Å². The van der Waals surface area contributed by atoms with E-state index in [0.29, 0.717) is 18.2 Å². The van der Waals surface area contributed by atoms with Gasteiger partial charge in [-0.1, -0.05) is 27.5 Å². The van der Waals surface area contributed by atoms with Gasteiger partial charge in [0.2, 0.25) is 0 Å². The summed E-state index contributed by atoms with van der Waals surface area (Å²) in [6.07, 6.45) is 0. The average molecular weight is 398 g/mol. The smallest absolute Gasteiger partial charge is 0.319 e. The molecular weight excluding hydrogens is 380 g/mol. The van der Waals surface area contributed by atoms with E-state index in [0.717, 1.165) is 27.0 Å². The third kappa shape index (κ3) is 5.44. The van der Waals surface area contributed by atoms with Crippen LogP contribution in [-0.4, -0.2) is 19.2 Å². The van der Waals surface area contributed by atoms with Gasteiger partial charge in [-0.2, -0.15) is 0 Å². The second-order valence-electron chi connectivity index (χ2n) is 5.10. The van der Waals surface area contributed by atoms with Gasteiger partial charge >= 0.3 is 6.03 Å². The van der Waals surface area contributed by atoms with Gasteiger partial charge < -0.3 is 15.4 Å². The summed E-state index contributed by atoms with van der Waals surface area (Å²) in [4.78, 5) is 11.8. The molecule has 2 rings (SSSR count). The first-order valence-corrected chi connectivity index (χ1v) is 8.33. The molecule has 23 heavy (non-hydrogen) atoms. The summed E-state index contributed by atoms with van der Waals surface area (Å²) >= 11 is 9.38. The zero-order valence-corrected chi connectivity index (χ0v) is 15.3. The first-order chi connectivity index (χ1) is 11.0. The molecule has 4 nitrogen and oxygen atoms in total. The Morgan fingerprint density at radius 1 is 1.17 bits per heavy atom. The molecule has 0 saturated carbocycles. The molecule has 0 atom stereocenters. The Balaban J connectivity index is 1.74. The molecule has 0 aliphatic rings. The number of urea groups is 1. The fourth-order valence-electron chi connectivity index (χ4n) is 1.94. The number of hydrogen-bond donors (Lipinski definition) is 2. The van der Waals surface area contributed by atoms with Crippen molar-refractivity contribution in [3.05, 3.63) is 57.0 Å². The van der Waals surface area contributed by atoms with Crippen molar-refractivity contribution in [3.8, 4) is 5.75 Å². The van der Waals surface area contributed by atoms with Crippen LogP contribution in [-0.2, 0) is 0 Å². The third-order valence-electron chi connectivity index (χ3n) is 3.20.